The van der Waals surface area contributed by atoms with Crippen molar-refractivity contribution < 1.29 is 22.7 Å². The molecule has 0 atom stereocenters. The number of rotatable bonds is 5. The van der Waals surface area contributed by atoms with Crippen LogP contribution in [0, 0.1) is 17.5 Å². The van der Waals surface area contributed by atoms with Crippen LogP contribution in [-0.4, -0.2) is 10.9 Å². The van der Waals surface area contributed by atoms with Crippen LogP contribution in [0.3, 0.4) is 0 Å². The molecule has 1 amide bonds. The first-order chi connectivity index (χ1) is 12.5. The van der Waals surface area contributed by atoms with E-state index in [4.69, 9.17) is 4.74 Å². The molecule has 0 radical (unpaired) electrons. The number of pyridine rings is 1. The molecule has 0 bridgehead atoms. The summed E-state index contributed by atoms with van der Waals surface area (Å²) in [7, 11) is 0. The van der Waals surface area contributed by atoms with Gasteiger partial charge in [0.2, 0.25) is 0 Å². The molecule has 0 aliphatic heterocycles. The summed E-state index contributed by atoms with van der Waals surface area (Å²) in [6.07, 6.45) is 3.16. The van der Waals surface area contributed by atoms with Crippen LogP contribution in [0.15, 0.2) is 60.9 Å². The quantitative estimate of drug-likeness (QED) is 0.533. The molecule has 3 aromatic rings. The number of hydrazine groups is 1. The van der Waals surface area contributed by atoms with Crippen LogP contribution in [0.5, 0.6) is 11.5 Å². The molecule has 3 rings (SSSR count). The molecular formula is C18H12F3N3O2. The molecule has 26 heavy (non-hydrogen) atoms. The second-order valence-corrected chi connectivity index (χ2v) is 5.12. The molecule has 2 aromatic carbocycles. The van der Waals surface area contributed by atoms with E-state index in [0.717, 1.165) is 12.1 Å². The highest BCUT2D eigenvalue weighted by atomic mass is 19.2. The maximum atomic E-state index is 13.5. The molecule has 5 nitrogen and oxygen atoms in total. The third-order valence-electron chi connectivity index (χ3n) is 3.33. The summed E-state index contributed by atoms with van der Waals surface area (Å²) in [5.74, 6) is -3.92. The topological polar surface area (TPSA) is 63.2 Å². The summed E-state index contributed by atoms with van der Waals surface area (Å²) < 4.78 is 45.1. The van der Waals surface area contributed by atoms with E-state index >= 15 is 0 Å². The van der Waals surface area contributed by atoms with Crippen LogP contribution < -0.4 is 15.6 Å². The van der Waals surface area contributed by atoms with Gasteiger partial charge in [0, 0.05) is 11.8 Å². The van der Waals surface area contributed by atoms with Crippen molar-refractivity contribution in [3.63, 3.8) is 0 Å². The lowest BCUT2D eigenvalue weighted by molar-refractivity contribution is 0.0962. The standard InChI is InChI=1S/C18H12F3N3O2/c19-14-7-8-15(17(21)16(14)20)23-24-18(25)11-3-5-12(6-4-11)26-13-2-1-9-22-10-13/h1-10,23H,(H,24,25). The number of aromatic nitrogens is 1. The predicted molar refractivity (Wildman–Crippen MR) is 88.2 cm³/mol. The fraction of sp³-hybridized carbons (Fsp3) is 0. The van der Waals surface area contributed by atoms with E-state index in [0.29, 0.717) is 11.5 Å². The molecule has 0 aliphatic rings. The Kier molecular flexibility index (Phi) is 5.02. The molecular weight excluding hydrogens is 347 g/mol. The van der Waals surface area contributed by atoms with Crippen molar-refractivity contribution in [3.8, 4) is 11.5 Å². The molecule has 0 spiro atoms. The summed E-state index contributed by atoms with van der Waals surface area (Å²) in [5.41, 5.74) is 4.27. The zero-order valence-corrected chi connectivity index (χ0v) is 13.2. The lowest BCUT2D eigenvalue weighted by atomic mass is 10.2. The fourth-order valence-corrected chi connectivity index (χ4v) is 2.04. The molecule has 1 heterocycles. The Balaban J connectivity index is 1.62. The minimum atomic E-state index is -1.62. The maximum Gasteiger partial charge on any atom is 0.269 e. The van der Waals surface area contributed by atoms with Gasteiger partial charge in [0.1, 0.15) is 11.5 Å². The minimum Gasteiger partial charge on any atom is -0.456 e. The molecule has 0 saturated carbocycles. The van der Waals surface area contributed by atoms with Gasteiger partial charge in [-0.3, -0.25) is 20.6 Å². The Morgan fingerprint density at radius 2 is 1.69 bits per heavy atom. The monoisotopic (exact) mass is 359 g/mol. The van der Waals surface area contributed by atoms with Crippen molar-refractivity contribution in [2.45, 2.75) is 0 Å². The average molecular weight is 359 g/mol. The molecule has 2 N–H and O–H groups in total. The number of nitrogens with zero attached hydrogens (tertiary/aromatic N) is 1. The second-order valence-electron chi connectivity index (χ2n) is 5.12. The first-order valence-corrected chi connectivity index (χ1v) is 7.42. The van der Waals surface area contributed by atoms with Gasteiger partial charge in [0.05, 0.1) is 11.9 Å². The molecule has 0 saturated heterocycles. The first-order valence-electron chi connectivity index (χ1n) is 7.42. The van der Waals surface area contributed by atoms with Crippen LogP contribution in [-0.2, 0) is 0 Å². The molecule has 8 heteroatoms. The highest BCUT2D eigenvalue weighted by Gasteiger charge is 2.14. The highest BCUT2D eigenvalue weighted by Crippen LogP contribution is 2.21. The third kappa shape index (κ3) is 3.92. The van der Waals surface area contributed by atoms with Crippen LogP contribution in [0.25, 0.3) is 0 Å². The lowest BCUT2D eigenvalue weighted by Gasteiger charge is -2.10. The predicted octanol–water partition coefficient (Wildman–Crippen LogP) is 4.05. The number of ether oxygens (including phenoxy) is 1. The van der Waals surface area contributed by atoms with Crippen LogP contribution in [0.4, 0.5) is 18.9 Å². The van der Waals surface area contributed by atoms with Crippen molar-refractivity contribution in [3.05, 3.63) is 83.9 Å². The number of halogens is 3. The van der Waals surface area contributed by atoms with Gasteiger partial charge < -0.3 is 4.74 Å². The SMILES string of the molecule is O=C(NNc1ccc(F)c(F)c1F)c1ccc(Oc2cccnc2)cc1. The van der Waals surface area contributed by atoms with E-state index in [2.05, 4.69) is 15.8 Å². The van der Waals surface area contributed by atoms with Crippen molar-refractivity contribution in [2.75, 3.05) is 5.43 Å². The molecule has 1 aromatic heterocycles. The number of benzene rings is 2. The molecule has 132 valence electrons. The van der Waals surface area contributed by atoms with E-state index < -0.39 is 29.0 Å². The number of nitrogens with one attached hydrogen (secondary N) is 2. The largest absolute Gasteiger partial charge is 0.456 e. The smallest absolute Gasteiger partial charge is 0.269 e. The van der Waals surface area contributed by atoms with Gasteiger partial charge in [-0.2, -0.15) is 0 Å². The van der Waals surface area contributed by atoms with Crippen LogP contribution >= 0.6 is 0 Å². The Morgan fingerprint density at radius 1 is 0.923 bits per heavy atom. The lowest BCUT2D eigenvalue weighted by Crippen LogP contribution is -2.30. The van der Waals surface area contributed by atoms with Gasteiger partial charge >= 0.3 is 0 Å². The fourth-order valence-electron chi connectivity index (χ4n) is 2.04. The first kappa shape index (κ1) is 17.3. The molecule has 0 unspecified atom stereocenters. The second kappa shape index (κ2) is 7.56. The number of anilines is 1. The summed E-state index contributed by atoms with van der Waals surface area (Å²) in [6, 6.07) is 11.3. The van der Waals surface area contributed by atoms with Crippen LogP contribution in [0.1, 0.15) is 10.4 Å². The van der Waals surface area contributed by atoms with Crippen molar-refractivity contribution in [2.24, 2.45) is 0 Å². The van der Waals surface area contributed by atoms with E-state index in [9.17, 15) is 18.0 Å². The van der Waals surface area contributed by atoms with Gasteiger partial charge in [0.15, 0.2) is 17.5 Å². The summed E-state index contributed by atoms with van der Waals surface area (Å²) in [6.45, 7) is 0. The van der Waals surface area contributed by atoms with Crippen LogP contribution in [0.2, 0.25) is 0 Å². The zero-order chi connectivity index (χ0) is 18.5. The highest BCUT2D eigenvalue weighted by molar-refractivity contribution is 5.95. The number of hydrogen-bond donors (Lipinski definition) is 2. The van der Waals surface area contributed by atoms with E-state index in [1.807, 2.05) is 0 Å². The van der Waals surface area contributed by atoms with E-state index in [-0.39, 0.29) is 5.56 Å². The summed E-state index contributed by atoms with van der Waals surface area (Å²) in [5, 5.41) is 0. The zero-order valence-electron chi connectivity index (χ0n) is 13.2. The van der Waals surface area contributed by atoms with E-state index in [1.54, 1.807) is 36.7 Å². The van der Waals surface area contributed by atoms with Gasteiger partial charge in [-0.15, -0.1) is 0 Å². The Labute approximate surface area is 146 Å². The number of carbonyl (C=O) groups is 1. The Hall–Kier alpha value is -3.55. The Morgan fingerprint density at radius 3 is 2.38 bits per heavy atom. The van der Waals surface area contributed by atoms with Gasteiger partial charge in [-0.1, -0.05) is 0 Å². The van der Waals surface area contributed by atoms with E-state index in [1.165, 1.54) is 12.1 Å². The molecule has 0 aliphatic carbocycles. The number of carbonyl (C=O) groups excluding carboxylic acids is 1. The normalized spacial score (nSPS) is 10.3. The third-order valence-corrected chi connectivity index (χ3v) is 3.33. The van der Waals surface area contributed by atoms with Gasteiger partial charge in [0.25, 0.3) is 5.91 Å². The summed E-state index contributed by atoms with van der Waals surface area (Å²) in [4.78, 5) is 16.0. The summed E-state index contributed by atoms with van der Waals surface area (Å²) >= 11 is 0. The minimum absolute atomic E-state index is 0.249. The maximum absolute atomic E-state index is 13.5. The average Bonchev–Trinajstić information content (AvgIpc) is 2.67. The number of hydrogen-bond acceptors (Lipinski definition) is 4. The number of amides is 1. The van der Waals surface area contributed by atoms with Crippen molar-refractivity contribution >= 4 is 11.6 Å². The molecule has 0 fully saturated rings. The van der Waals surface area contributed by atoms with Gasteiger partial charge in [-0.25, -0.2) is 13.2 Å². The Bertz CT molecular complexity index is 919. The van der Waals surface area contributed by atoms with Crippen molar-refractivity contribution in [1.82, 2.24) is 10.4 Å². The van der Waals surface area contributed by atoms with Crippen molar-refractivity contribution in [1.29, 1.82) is 0 Å². The van der Waals surface area contributed by atoms with Gasteiger partial charge in [-0.05, 0) is 48.5 Å².